The van der Waals surface area contributed by atoms with Crippen LogP contribution in [0.25, 0.3) is 5.70 Å². The fourth-order valence-corrected chi connectivity index (χ4v) is 5.05. The lowest BCUT2D eigenvalue weighted by atomic mass is 10.1. The summed E-state index contributed by atoms with van der Waals surface area (Å²) in [7, 11) is 0. The largest absolute Gasteiger partial charge is 0.354 e. The molecule has 32 heavy (non-hydrogen) atoms. The third-order valence-corrected chi connectivity index (χ3v) is 7.13. The zero-order valence-electron chi connectivity index (χ0n) is 20.0. The first-order valence-electron chi connectivity index (χ1n) is 12.0. The van der Waals surface area contributed by atoms with Gasteiger partial charge < -0.3 is 15.5 Å². The summed E-state index contributed by atoms with van der Waals surface area (Å²) in [4.78, 5) is 16.8. The van der Waals surface area contributed by atoms with Crippen molar-refractivity contribution in [2.24, 2.45) is 0 Å². The Labute approximate surface area is 197 Å². The molecule has 0 spiro atoms. The van der Waals surface area contributed by atoms with Crippen molar-refractivity contribution in [3.05, 3.63) is 59.2 Å². The minimum atomic E-state index is 0.00423. The van der Waals surface area contributed by atoms with E-state index in [2.05, 4.69) is 61.7 Å². The first kappa shape index (κ1) is 24.4. The van der Waals surface area contributed by atoms with Crippen LogP contribution in [0.1, 0.15) is 67.9 Å². The monoisotopic (exact) mass is 452 g/mol. The molecule has 0 atom stereocenters. The Hall–Kier alpha value is -2.24. The Morgan fingerprint density at radius 2 is 1.75 bits per heavy atom. The van der Waals surface area contributed by atoms with Gasteiger partial charge >= 0.3 is 0 Å². The van der Waals surface area contributed by atoms with Gasteiger partial charge in [-0.1, -0.05) is 56.2 Å². The maximum Gasteiger partial charge on any atom is 0.251 e. The van der Waals surface area contributed by atoms with Crippen LogP contribution in [0.3, 0.4) is 0 Å². The van der Waals surface area contributed by atoms with Gasteiger partial charge in [-0.2, -0.15) is 0 Å². The Balaban J connectivity index is 1.67. The second kappa shape index (κ2) is 12.1. The van der Waals surface area contributed by atoms with Gasteiger partial charge in [-0.25, -0.2) is 0 Å². The second-order valence-corrected chi connectivity index (χ2v) is 9.69. The molecule has 4 nitrogen and oxygen atoms in total. The number of amides is 1. The average molecular weight is 453 g/mol. The van der Waals surface area contributed by atoms with Gasteiger partial charge in [0.2, 0.25) is 0 Å². The number of quaternary nitrogens is 1. The number of carbonyl (C=O) groups is 1. The van der Waals surface area contributed by atoms with Crippen LogP contribution < -0.4 is 15.5 Å². The van der Waals surface area contributed by atoms with E-state index in [1.165, 1.54) is 54.8 Å². The zero-order chi connectivity index (χ0) is 22.9. The molecule has 0 saturated carbocycles. The summed E-state index contributed by atoms with van der Waals surface area (Å²) in [5, 5.41) is 6.71. The summed E-state index contributed by atoms with van der Waals surface area (Å²) in [5.74, 6) is 0.00423. The Kier molecular flexibility index (Phi) is 9.24. The SMILES string of the molecule is CC=C1Nc2cc(C(=O)NCC[NH+](CCCC)CCCC)ccc2Sc2ccc(C)cc21. The fourth-order valence-electron chi connectivity index (χ4n) is 4.04. The lowest BCUT2D eigenvalue weighted by Gasteiger charge is -2.19. The van der Waals surface area contributed by atoms with Crippen LogP contribution >= 0.6 is 11.8 Å². The van der Waals surface area contributed by atoms with Gasteiger partial charge in [0.1, 0.15) is 0 Å². The summed E-state index contributed by atoms with van der Waals surface area (Å²) in [6, 6.07) is 12.5. The summed E-state index contributed by atoms with van der Waals surface area (Å²) < 4.78 is 0. The molecule has 1 amide bonds. The zero-order valence-corrected chi connectivity index (χ0v) is 20.8. The highest BCUT2D eigenvalue weighted by Crippen LogP contribution is 2.42. The summed E-state index contributed by atoms with van der Waals surface area (Å²) >= 11 is 1.75. The van der Waals surface area contributed by atoms with E-state index in [1.54, 1.807) is 16.7 Å². The number of nitrogens with one attached hydrogen (secondary N) is 3. The molecule has 5 heteroatoms. The van der Waals surface area contributed by atoms with Crippen LogP contribution in [0, 0.1) is 6.92 Å². The van der Waals surface area contributed by atoms with Gasteiger partial charge in [0, 0.05) is 26.6 Å². The van der Waals surface area contributed by atoms with Crippen molar-refractivity contribution in [3.63, 3.8) is 0 Å². The van der Waals surface area contributed by atoms with Gasteiger partial charge in [0.25, 0.3) is 5.91 Å². The quantitative estimate of drug-likeness (QED) is 0.467. The number of anilines is 1. The van der Waals surface area contributed by atoms with Crippen molar-refractivity contribution in [1.82, 2.24) is 5.32 Å². The molecule has 0 aliphatic carbocycles. The third-order valence-electron chi connectivity index (χ3n) is 5.98. The number of hydrogen-bond donors (Lipinski definition) is 3. The summed E-state index contributed by atoms with van der Waals surface area (Å²) in [6.07, 6.45) is 7.04. The molecule has 0 radical (unpaired) electrons. The molecule has 1 heterocycles. The predicted octanol–water partition coefficient (Wildman–Crippen LogP) is 5.15. The smallest absolute Gasteiger partial charge is 0.251 e. The molecule has 0 aromatic heterocycles. The number of rotatable bonds is 10. The second-order valence-electron chi connectivity index (χ2n) is 8.60. The molecule has 3 N–H and O–H groups in total. The molecule has 0 unspecified atom stereocenters. The number of fused-ring (bicyclic) bond motifs is 2. The normalized spacial score (nSPS) is 14.0. The highest BCUT2D eigenvalue weighted by molar-refractivity contribution is 7.99. The van der Waals surface area contributed by atoms with Gasteiger partial charge in [0.15, 0.2) is 0 Å². The minimum absolute atomic E-state index is 0.00423. The molecule has 2 aromatic rings. The van der Waals surface area contributed by atoms with Crippen LogP contribution in [-0.4, -0.2) is 32.1 Å². The maximum absolute atomic E-state index is 12.9. The maximum atomic E-state index is 12.9. The van der Waals surface area contributed by atoms with E-state index in [9.17, 15) is 4.79 Å². The lowest BCUT2D eigenvalue weighted by molar-refractivity contribution is -0.899. The van der Waals surface area contributed by atoms with E-state index in [0.717, 1.165) is 22.8 Å². The van der Waals surface area contributed by atoms with Gasteiger partial charge in [-0.3, -0.25) is 4.79 Å². The van der Waals surface area contributed by atoms with E-state index in [4.69, 9.17) is 0 Å². The van der Waals surface area contributed by atoms with Crippen molar-refractivity contribution in [2.75, 3.05) is 31.5 Å². The molecule has 2 aromatic carbocycles. The molecule has 0 bridgehead atoms. The Bertz CT molecular complexity index is 946. The van der Waals surface area contributed by atoms with Crippen molar-refractivity contribution in [3.8, 4) is 0 Å². The van der Waals surface area contributed by atoms with Crippen molar-refractivity contribution in [2.45, 2.75) is 63.2 Å². The van der Waals surface area contributed by atoms with Crippen LogP contribution in [0.15, 0.2) is 52.3 Å². The van der Waals surface area contributed by atoms with Crippen LogP contribution in [0.2, 0.25) is 0 Å². The minimum Gasteiger partial charge on any atom is -0.354 e. The fraction of sp³-hybridized carbons (Fsp3) is 0.444. The Morgan fingerprint density at radius 3 is 2.44 bits per heavy atom. The topological polar surface area (TPSA) is 45.6 Å². The van der Waals surface area contributed by atoms with Crippen molar-refractivity contribution in [1.29, 1.82) is 0 Å². The van der Waals surface area contributed by atoms with E-state index >= 15 is 0 Å². The average Bonchev–Trinajstić information content (AvgIpc) is 2.95. The number of hydrogen-bond acceptors (Lipinski definition) is 3. The number of unbranched alkanes of at least 4 members (excludes halogenated alkanes) is 2. The summed E-state index contributed by atoms with van der Waals surface area (Å²) in [5.41, 5.74) is 5.23. The lowest BCUT2D eigenvalue weighted by Crippen LogP contribution is -3.12. The summed E-state index contributed by atoms with van der Waals surface area (Å²) in [6.45, 7) is 12.7. The van der Waals surface area contributed by atoms with Crippen LogP contribution in [0.5, 0.6) is 0 Å². The number of allylic oxidation sites excluding steroid dienone is 1. The van der Waals surface area contributed by atoms with Crippen LogP contribution in [-0.2, 0) is 0 Å². The van der Waals surface area contributed by atoms with Crippen molar-refractivity contribution >= 4 is 29.1 Å². The standard InChI is InChI=1S/C27H37N3OS/c1-5-8-15-30(16-9-6-2)17-14-28-27(31)21-11-13-26-24(19-21)29-23(7-3)22-18-20(4)10-12-25(22)32-26/h7,10-13,18-19,29H,5-6,8-9,14-17H2,1-4H3,(H,28,31)/p+1. The molecule has 1 aliphatic rings. The molecule has 172 valence electrons. The molecular weight excluding hydrogens is 414 g/mol. The number of benzene rings is 2. The molecule has 3 rings (SSSR count). The van der Waals surface area contributed by atoms with Crippen LogP contribution in [0.4, 0.5) is 5.69 Å². The first-order chi connectivity index (χ1) is 15.5. The van der Waals surface area contributed by atoms with E-state index < -0.39 is 0 Å². The van der Waals surface area contributed by atoms with E-state index in [-0.39, 0.29) is 5.91 Å². The van der Waals surface area contributed by atoms with Gasteiger partial charge in [0.05, 0.1) is 31.9 Å². The van der Waals surface area contributed by atoms with Gasteiger partial charge in [-0.15, -0.1) is 0 Å². The van der Waals surface area contributed by atoms with Gasteiger partial charge in [-0.05, 0) is 57.0 Å². The molecule has 0 saturated heterocycles. The molecule has 1 aliphatic heterocycles. The number of aryl methyl sites for hydroxylation is 1. The van der Waals surface area contributed by atoms with E-state index in [0.29, 0.717) is 12.1 Å². The molecule has 0 fully saturated rings. The Morgan fingerprint density at radius 1 is 1.03 bits per heavy atom. The first-order valence-corrected chi connectivity index (χ1v) is 12.8. The third kappa shape index (κ3) is 6.39. The highest BCUT2D eigenvalue weighted by atomic mass is 32.2. The van der Waals surface area contributed by atoms with E-state index in [1.807, 2.05) is 19.1 Å². The molecular formula is C27H38N3OS+. The highest BCUT2D eigenvalue weighted by Gasteiger charge is 2.19. The predicted molar refractivity (Wildman–Crippen MR) is 137 cm³/mol. The van der Waals surface area contributed by atoms with Crippen molar-refractivity contribution < 1.29 is 9.69 Å². The number of carbonyl (C=O) groups excluding carboxylic acids is 1.